The number of hydrogen-bond donors (Lipinski definition) is 1. The van der Waals surface area contributed by atoms with Gasteiger partial charge in [0.15, 0.2) is 5.69 Å². The molecule has 9 heavy (non-hydrogen) atoms. The summed E-state index contributed by atoms with van der Waals surface area (Å²) in [6, 6.07) is 0. The highest BCUT2D eigenvalue weighted by atomic mass is 16.3. The molecule has 0 saturated carbocycles. The molecule has 1 heterocycles. The Morgan fingerprint density at radius 3 is 2.67 bits per heavy atom. The highest BCUT2D eigenvalue weighted by Gasteiger charge is 2.00. The number of hydrogen-bond acceptors (Lipinski definition) is 3. The van der Waals surface area contributed by atoms with Gasteiger partial charge in [0.2, 0.25) is 0 Å². The van der Waals surface area contributed by atoms with Crippen LogP contribution in [0.5, 0.6) is 0 Å². The molecule has 0 spiro atoms. The first-order chi connectivity index (χ1) is 4.30. The minimum absolute atomic E-state index is 0.0301. The molecule has 0 amide bonds. The van der Waals surface area contributed by atoms with E-state index in [1.165, 1.54) is 18.6 Å². The maximum absolute atomic E-state index is 10.1. The average molecular weight is 123 g/mol. The molecule has 4 nitrogen and oxygen atoms in total. The lowest BCUT2D eigenvalue weighted by molar-refractivity contribution is 0.0690. The van der Waals surface area contributed by atoms with Crippen LogP contribution >= 0.6 is 0 Å². The molecule has 1 rings (SSSR count). The second-order valence-corrected chi connectivity index (χ2v) is 1.40. The van der Waals surface area contributed by atoms with Crippen molar-refractivity contribution in [1.82, 2.24) is 9.97 Å². The van der Waals surface area contributed by atoms with Gasteiger partial charge >= 0.3 is 5.97 Å². The predicted octanol–water partition coefficient (Wildman–Crippen LogP) is 0.175. The van der Waals surface area contributed by atoms with E-state index in [-0.39, 0.29) is 5.69 Å². The fraction of sp³-hybridized carbons (Fsp3) is 0. The van der Waals surface area contributed by atoms with E-state index < -0.39 is 5.97 Å². The van der Waals surface area contributed by atoms with Gasteiger partial charge in [-0.15, -0.1) is 0 Å². The second-order valence-electron chi connectivity index (χ2n) is 1.40. The molecule has 0 bridgehead atoms. The molecule has 46 valence electrons. The second kappa shape index (κ2) is 2.21. The van der Waals surface area contributed by atoms with Crippen molar-refractivity contribution >= 4 is 5.97 Å². The van der Waals surface area contributed by atoms with Crippen molar-refractivity contribution in [1.29, 1.82) is 0 Å². The van der Waals surface area contributed by atoms with Crippen molar-refractivity contribution in [2.45, 2.75) is 0 Å². The van der Waals surface area contributed by atoms with Crippen molar-refractivity contribution in [3.63, 3.8) is 0 Å². The van der Waals surface area contributed by atoms with E-state index in [1.807, 2.05) is 0 Å². The number of carboxylic acid groups (broad SMARTS) is 1. The minimum atomic E-state index is -1.05. The third-order valence-electron chi connectivity index (χ3n) is 0.782. The third-order valence-corrected chi connectivity index (χ3v) is 0.782. The molecule has 0 aliphatic rings. The lowest BCUT2D eigenvalue weighted by Gasteiger charge is -1.86. The van der Waals surface area contributed by atoms with Crippen molar-refractivity contribution in [3.8, 4) is 0 Å². The van der Waals surface area contributed by atoms with E-state index in [0.29, 0.717) is 0 Å². The summed E-state index contributed by atoms with van der Waals surface area (Å²) in [6.45, 7) is 0. The fourth-order valence-electron chi connectivity index (χ4n) is 0.410. The van der Waals surface area contributed by atoms with Gasteiger partial charge in [-0.3, -0.25) is 4.98 Å². The smallest absolute Gasteiger partial charge is 0.356 e. The van der Waals surface area contributed by atoms with Crippen LogP contribution in [0.2, 0.25) is 0 Å². The number of aromatic carboxylic acids is 1. The van der Waals surface area contributed by atoms with E-state index in [9.17, 15) is 4.79 Å². The zero-order valence-electron chi connectivity index (χ0n) is 4.48. The molecule has 0 saturated heterocycles. The molecule has 0 aliphatic heterocycles. The summed E-state index contributed by atoms with van der Waals surface area (Å²) in [5, 5.41) is 8.28. The van der Waals surface area contributed by atoms with Crippen LogP contribution in [0.15, 0.2) is 18.6 Å². The molecule has 1 N–H and O–H groups in total. The molecule has 0 radical (unpaired) electrons. The Balaban J connectivity index is 2.98. The van der Waals surface area contributed by atoms with Crippen LogP contribution in [0.1, 0.15) is 10.5 Å². The molecular weight excluding hydrogens is 119 g/mol. The van der Waals surface area contributed by atoms with Gasteiger partial charge in [0.25, 0.3) is 0 Å². The molecule has 0 fully saturated rings. The predicted molar refractivity (Wildman–Crippen MR) is 29.0 cm³/mol. The van der Waals surface area contributed by atoms with Crippen molar-refractivity contribution < 1.29 is 9.90 Å². The SMILES string of the molecule is O=[11C](O)c1cnccn1. The van der Waals surface area contributed by atoms with E-state index in [0.717, 1.165) is 0 Å². The molecule has 0 aromatic carbocycles. The summed E-state index contributed by atoms with van der Waals surface area (Å²) < 4.78 is 0. The van der Waals surface area contributed by atoms with Gasteiger partial charge in [-0.1, -0.05) is 0 Å². The lowest BCUT2D eigenvalue weighted by Crippen LogP contribution is -1.99. The summed E-state index contributed by atoms with van der Waals surface area (Å²) in [4.78, 5) is 17.2. The van der Waals surface area contributed by atoms with Gasteiger partial charge in [0.05, 0.1) is 6.20 Å². The quantitative estimate of drug-likeness (QED) is 0.578. The topological polar surface area (TPSA) is 63.1 Å². The molecule has 0 unspecified atom stereocenters. The monoisotopic (exact) mass is 123 g/mol. The van der Waals surface area contributed by atoms with Crippen LogP contribution in [0.25, 0.3) is 0 Å². The van der Waals surface area contributed by atoms with Crippen LogP contribution in [0.4, 0.5) is 0 Å². The molecule has 1 aromatic heterocycles. The minimum Gasteiger partial charge on any atom is -0.476 e. The summed E-state index contributed by atoms with van der Waals surface area (Å²) >= 11 is 0. The van der Waals surface area contributed by atoms with Gasteiger partial charge in [-0.05, 0) is 0 Å². The highest BCUT2D eigenvalue weighted by Crippen LogP contribution is 1.86. The number of carboxylic acids is 1. The Hall–Kier alpha value is -1.45. The summed E-state index contributed by atoms with van der Waals surface area (Å²) in [7, 11) is 0. The number of aromatic nitrogens is 2. The largest absolute Gasteiger partial charge is 0.476 e. The lowest BCUT2D eigenvalue weighted by atomic mass is 10.0. The average Bonchev–Trinajstić information content (AvgIpc) is 1.90. The third kappa shape index (κ3) is 1.22. The van der Waals surface area contributed by atoms with Gasteiger partial charge in [-0.2, -0.15) is 0 Å². The van der Waals surface area contributed by atoms with Crippen molar-refractivity contribution in [3.05, 3.63) is 24.3 Å². The zero-order chi connectivity index (χ0) is 6.69. The Labute approximate surface area is 51.2 Å². The molecule has 0 atom stereocenters. The summed E-state index contributed by atoms with van der Waals surface area (Å²) in [5.41, 5.74) is -0.0301. The van der Waals surface area contributed by atoms with E-state index >= 15 is 0 Å². The van der Waals surface area contributed by atoms with Crippen molar-refractivity contribution in [2.24, 2.45) is 0 Å². The molecule has 4 heteroatoms. The van der Waals surface area contributed by atoms with Crippen molar-refractivity contribution in [2.75, 3.05) is 0 Å². The number of nitrogens with zero attached hydrogens (tertiary/aromatic N) is 2. The summed E-state index contributed by atoms with van der Waals surface area (Å²) in [5.74, 6) is -1.05. The van der Waals surface area contributed by atoms with Gasteiger partial charge in [0, 0.05) is 12.4 Å². The van der Waals surface area contributed by atoms with Crippen LogP contribution in [-0.4, -0.2) is 21.0 Å². The first kappa shape index (κ1) is 5.68. The molecule has 0 aliphatic carbocycles. The first-order valence-corrected chi connectivity index (χ1v) is 2.30. The Morgan fingerprint density at radius 1 is 1.56 bits per heavy atom. The fourth-order valence-corrected chi connectivity index (χ4v) is 0.410. The Bertz CT molecular complexity index is 209. The Kier molecular flexibility index (Phi) is 1.40. The normalized spacial score (nSPS) is 8.89. The van der Waals surface area contributed by atoms with Gasteiger partial charge < -0.3 is 5.11 Å². The van der Waals surface area contributed by atoms with E-state index in [1.54, 1.807) is 0 Å². The van der Waals surface area contributed by atoms with E-state index in [2.05, 4.69) is 9.97 Å². The van der Waals surface area contributed by atoms with Gasteiger partial charge in [0.1, 0.15) is 0 Å². The van der Waals surface area contributed by atoms with Crippen LogP contribution in [-0.2, 0) is 0 Å². The number of rotatable bonds is 1. The molecule has 1 aromatic rings. The van der Waals surface area contributed by atoms with Crippen LogP contribution in [0.3, 0.4) is 0 Å². The zero-order valence-corrected chi connectivity index (χ0v) is 4.48. The van der Waals surface area contributed by atoms with Gasteiger partial charge in [-0.25, -0.2) is 9.78 Å². The summed E-state index contributed by atoms with van der Waals surface area (Å²) in [6.07, 6.45) is 3.96. The molecular formula is C5H4N2O2. The standard InChI is InChI=1S/C5H4N2O2/c8-5(9)4-3-6-1-2-7-4/h1-3H,(H,8,9)/i5-1. The number of carbonyl (C=O) groups is 1. The first-order valence-electron chi connectivity index (χ1n) is 2.30. The van der Waals surface area contributed by atoms with Crippen LogP contribution in [0, 0.1) is 0 Å². The maximum atomic E-state index is 10.1. The van der Waals surface area contributed by atoms with Crippen LogP contribution < -0.4 is 0 Å². The Morgan fingerprint density at radius 2 is 2.33 bits per heavy atom. The maximum Gasteiger partial charge on any atom is 0.356 e. The van der Waals surface area contributed by atoms with E-state index in [4.69, 9.17) is 5.11 Å². The highest BCUT2D eigenvalue weighted by molar-refractivity contribution is 5.84.